The van der Waals surface area contributed by atoms with E-state index >= 15 is 0 Å². The molecule has 1 saturated carbocycles. The van der Waals surface area contributed by atoms with Crippen LogP contribution in [0.5, 0.6) is 0 Å². The Morgan fingerprint density at radius 1 is 1.38 bits per heavy atom. The van der Waals surface area contributed by atoms with Gasteiger partial charge in [0.05, 0.1) is 11.5 Å². The van der Waals surface area contributed by atoms with E-state index < -0.39 is 0 Å². The molecule has 0 amide bonds. The van der Waals surface area contributed by atoms with Crippen molar-refractivity contribution in [2.45, 2.75) is 64.6 Å². The summed E-state index contributed by atoms with van der Waals surface area (Å²) in [6, 6.07) is 3.90. The number of fused-ring (bicyclic) bond motifs is 1. The number of nitrogens with one attached hydrogen (secondary N) is 1. The third-order valence-corrected chi connectivity index (χ3v) is 4.94. The number of nitrogens with two attached hydrogens (primary N) is 1. The third-order valence-electron chi connectivity index (χ3n) is 4.94. The van der Waals surface area contributed by atoms with Gasteiger partial charge in [-0.1, -0.05) is 6.92 Å². The standard InChI is InChI=1S/C19H27N5O2/c1-3-15(20)22-16-11-12-9-10-24(4-2)19(26)17(12)18(23-16)21-13-5-7-14(25)8-6-13/h9-11,13-14,25H,3-8H2,1-2H3,(H3,20,21,22,23). The molecule has 1 fully saturated rings. The average Bonchev–Trinajstić information content (AvgIpc) is 2.63. The topological polar surface area (TPSA) is 106 Å². The van der Waals surface area contributed by atoms with Crippen molar-refractivity contribution >= 4 is 28.2 Å². The van der Waals surface area contributed by atoms with E-state index in [2.05, 4.69) is 15.3 Å². The van der Waals surface area contributed by atoms with E-state index in [9.17, 15) is 9.90 Å². The van der Waals surface area contributed by atoms with Crippen molar-refractivity contribution < 1.29 is 5.11 Å². The molecule has 0 spiro atoms. The lowest BCUT2D eigenvalue weighted by molar-refractivity contribution is 0.126. The predicted octanol–water partition coefficient (Wildman–Crippen LogP) is 2.53. The van der Waals surface area contributed by atoms with Crippen LogP contribution in [0.4, 0.5) is 11.6 Å². The second-order valence-electron chi connectivity index (χ2n) is 6.81. The summed E-state index contributed by atoms with van der Waals surface area (Å²) in [5.41, 5.74) is 5.81. The second-order valence-corrected chi connectivity index (χ2v) is 6.81. The lowest BCUT2D eigenvalue weighted by atomic mass is 9.93. The number of hydrogen-bond donors (Lipinski definition) is 3. The molecule has 0 aromatic carbocycles. The Bertz CT molecular complexity index is 866. The van der Waals surface area contributed by atoms with Gasteiger partial charge in [-0.3, -0.25) is 4.79 Å². The van der Waals surface area contributed by atoms with Crippen LogP contribution in [0.1, 0.15) is 46.0 Å². The van der Waals surface area contributed by atoms with Crippen LogP contribution in [0.3, 0.4) is 0 Å². The summed E-state index contributed by atoms with van der Waals surface area (Å²) < 4.78 is 1.67. The van der Waals surface area contributed by atoms with Crippen LogP contribution in [0.2, 0.25) is 0 Å². The molecule has 140 valence electrons. The summed E-state index contributed by atoms with van der Waals surface area (Å²) in [6.07, 6.45) is 5.43. The molecule has 2 heterocycles. The van der Waals surface area contributed by atoms with E-state index in [1.54, 1.807) is 16.8 Å². The highest BCUT2D eigenvalue weighted by Crippen LogP contribution is 2.27. The molecular weight excluding hydrogens is 330 g/mol. The van der Waals surface area contributed by atoms with Crippen LogP contribution in [0, 0.1) is 0 Å². The molecule has 0 aliphatic heterocycles. The Hall–Kier alpha value is -2.41. The summed E-state index contributed by atoms with van der Waals surface area (Å²) >= 11 is 0. The SMILES string of the molecule is CCC(N)=Nc1cc2ccn(CC)c(=O)c2c(NC2CCC(O)CC2)n1. The zero-order chi connectivity index (χ0) is 18.7. The molecule has 0 unspecified atom stereocenters. The molecule has 0 radical (unpaired) electrons. The van der Waals surface area contributed by atoms with Gasteiger partial charge in [0, 0.05) is 25.2 Å². The molecule has 0 bridgehead atoms. The van der Waals surface area contributed by atoms with Gasteiger partial charge in [-0.25, -0.2) is 9.98 Å². The molecule has 3 rings (SSSR count). The maximum Gasteiger partial charge on any atom is 0.262 e. The zero-order valence-electron chi connectivity index (χ0n) is 15.4. The molecule has 7 nitrogen and oxygen atoms in total. The molecule has 7 heteroatoms. The summed E-state index contributed by atoms with van der Waals surface area (Å²) in [5.74, 6) is 1.56. The first-order valence-corrected chi connectivity index (χ1v) is 9.33. The summed E-state index contributed by atoms with van der Waals surface area (Å²) in [5, 5.41) is 14.5. The van der Waals surface area contributed by atoms with Crippen molar-refractivity contribution in [1.82, 2.24) is 9.55 Å². The van der Waals surface area contributed by atoms with Crippen LogP contribution in [0.25, 0.3) is 10.8 Å². The lowest BCUT2D eigenvalue weighted by Crippen LogP contribution is -2.29. The van der Waals surface area contributed by atoms with Crippen LogP contribution in [-0.2, 0) is 6.54 Å². The Morgan fingerprint density at radius 3 is 2.77 bits per heavy atom. The Balaban J connectivity index is 2.08. The fraction of sp³-hybridized carbons (Fsp3) is 0.526. The Morgan fingerprint density at radius 2 is 2.12 bits per heavy atom. The van der Waals surface area contributed by atoms with Gasteiger partial charge >= 0.3 is 0 Å². The molecule has 26 heavy (non-hydrogen) atoms. The van der Waals surface area contributed by atoms with Crippen LogP contribution in [0.15, 0.2) is 28.1 Å². The first kappa shape index (κ1) is 18.4. The quantitative estimate of drug-likeness (QED) is 0.563. The van der Waals surface area contributed by atoms with Gasteiger partial charge in [-0.15, -0.1) is 0 Å². The van der Waals surface area contributed by atoms with Crippen molar-refractivity contribution in [3.05, 3.63) is 28.7 Å². The predicted molar refractivity (Wildman–Crippen MR) is 105 cm³/mol. The largest absolute Gasteiger partial charge is 0.393 e. The number of aliphatic hydroxyl groups excluding tert-OH is 1. The summed E-state index contributed by atoms with van der Waals surface area (Å²) in [7, 11) is 0. The number of pyridine rings is 2. The summed E-state index contributed by atoms with van der Waals surface area (Å²) in [4.78, 5) is 21.8. The molecule has 0 saturated heterocycles. The Kier molecular flexibility index (Phi) is 5.56. The number of anilines is 1. The molecule has 1 aliphatic rings. The van der Waals surface area contributed by atoms with E-state index in [1.165, 1.54) is 0 Å². The van der Waals surface area contributed by atoms with Crippen molar-refractivity contribution in [2.75, 3.05) is 5.32 Å². The first-order chi connectivity index (χ1) is 12.5. The van der Waals surface area contributed by atoms with E-state index in [1.807, 2.05) is 19.9 Å². The summed E-state index contributed by atoms with van der Waals surface area (Å²) in [6.45, 7) is 4.48. The number of aromatic nitrogens is 2. The van der Waals surface area contributed by atoms with Crippen molar-refractivity contribution in [3.8, 4) is 0 Å². The molecule has 2 aromatic heterocycles. The number of aliphatic imine (C=N–C) groups is 1. The van der Waals surface area contributed by atoms with Gasteiger partial charge in [0.1, 0.15) is 11.7 Å². The third kappa shape index (κ3) is 3.88. The maximum absolute atomic E-state index is 12.8. The average molecular weight is 357 g/mol. The lowest BCUT2D eigenvalue weighted by Gasteiger charge is -2.27. The number of rotatable bonds is 5. The van der Waals surface area contributed by atoms with Crippen LogP contribution < -0.4 is 16.6 Å². The van der Waals surface area contributed by atoms with Gasteiger partial charge < -0.3 is 20.7 Å². The van der Waals surface area contributed by atoms with Gasteiger partial charge in [-0.05, 0) is 50.1 Å². The number of amidine groups is 1. The van der Waals surface area contributed by atoms with Crippen LogP contribution >= 0.6 is 0 Å². The minimum Gasteiger partial charge on any atom is -0.393 e. The van der Waals surface area contributed by atoms with Crippen LogP contribution in [-0.4, -0.2) is 32.6 Å². The van der Waals surface area contributed by atoms with Gasteiger partial charge in [0.2, 0.25) is 0 Å². The number of aliphatic hydroxyl groups is 1. The highest BCUT2D eigenvalue weighted by molar-refractivity contribution is 5.93. The number of aryl methyl sites for hydroxylation is 1. The number of hydrogen-bond acceptors (Lipinski definition) is 5. The molecular formula is C19H27N5O2. The Labute approximate surface area is 153 Å². The fourth-order valence-corrected chi connectivity index (χ4v) is 3.34. The zero-order valence-corrected chi connectivity index (χ0v) is 15.4. The molecule has 1 aliphatic carbocycles. The van der Waals surface area contributed by atoms with Crippen molar-refractivity contribution in [1.29, 1.82) is 0 Å². The van der Waals surface area contributed by atoms with Crippen molar-refractivity contribution in [2.24, 2.45) is 10.7 Å². The maximum atomic E-state index is 12.8. The highest BCUT2D eigenvalue weighted by atomic mass is 16.3. The van der Waals surface area contributed by atoms with E-state index in [-0.39, 0.29) is 17.7 Å². The molecule has 4 N–H and O–H groups in total. The smallest absolute Gasteiger partial charge is 0.262 e. The van der Waals surface area contributed by atoms with E-state index in [0.717, 1.165) is 31.1 Å². The minimum atomic E-state index is -0.227. The van der Waals surface area contributed by atoms with Gasteiger partial charge in [0.25, 0.3) is 5.56 Å². The first-order valence-electron chi connectivity index (χ1n) is 9.33. The van der Waals surface area contributed by atoms with E-state index in [4.69, 9.17) is 5.73 Å². The fourth-order valence-electron chi connectivity index (χ4n) is 3.34. The molecule has 2 aromatic rings. The normalized spacial score (nSPS) is 21.1. The van der Waals surface area contributed by atoms with Gasteiger partial charge in [0.15, 0.2) is 5.82 Å². The minimum absolute atomic E-state index is 0.0603. The van der Waals surface area contributed by atoms with E-state index in [0.29, 0.717) is 35.8 Å². The van der Waals surface area contributed by atoms with Crippen molar-refractivity contribution in [3.63, 3.8) is 0 Å². The second kappa shape index (κ2) is 7.86. The highest BCUT2D eigenvalue weighted by Gasteiger charge is 2.21. The number of nitrogens with zero attached hydrogens (tertiary/aromatic N) is 3. The van der Waals surface area contributed by atoms with Gasteiger partial charge in [-0.2, -0.15) is 0 Å². The monoisotopic (exact) mass is 357 g/mol. The molecule has 0 atom stereocenters.